The lowest BCUT2D eigenvalue weighted by atomic mass is 10.2. The topological polar surface area (TPSA) is 67.8 Å². The molecular formula is C12H10F3NO4. The molecule has 2 rings (SSSR count). The highest BCUT2D eigenvalue weighted by molar-refractivity contribution is 5.80. The number of alkyl halides is 3. The number of ether oxygens (including phenoxy) is 2. The van der Waals surface area contributed by atoms with Crippen molar-refractivity contribution in [3.05, 3.63) is 36.0 Å². The molecule has 0 aromatic heterocycles. The van der Waals surface area contributed by atoms with E-state index in [-0.39, 0.29) is 11.3 Å². The van der Waals surface area contributed by atoms with E-state index in [1.165, 1.54) is 25.3 Å². The number of carboxylic acids is 1. The predicted molar refractivity (Wildman–Crippen MR) is 61.4 cm³/mol. The molecule has 0 saturated heterocycles. The monoisotopic (exact) mass is 289 g/mol. The largest absolute Gasteiger partial charge is 0.573 e. The molecule has 8 heteroatoms. The van der Waals surface area contributed by atoms with Crippen molar-refractivity contribution in [3.8, 4) is 5.75 Å². The summed E-state index contributed by atoms with van der Waals surface area (Å²) in [5.41, 5.74) is -1.37. The Balaban J connectivity index is 2.19. The molecule has 0 amide bonds. The smallest absolute Gasteiger partial charge is 0.477 e. The fraction of sp³-hybridized carbons (Fsp3) is 0.250. The van der Waals surface area contributed by atoms with E-state index in [4.69, 9.17) is 9.84 Å². The summed E-state index contributed by atoms with van der Waals surface area (Å²) in [4.78, 5) is 11.0. The lowest BCUT2D eigenvalue weighted by Gasteiger charge is -2.20. The Morgan fingerprint density at radius 1 is 1.45 bits per heavy atom. The van der Waals surface area contributed by atoms with Gasteiger partial charge in [-0.3, -0.25) is 0 Å². The van der Waals surface area contributed by atoms with Gasteiger partial charge in [0.1, 0.15) is 11.5 Å². The minimum Gasteiger partial charge on any atom is -0.477 e. The van der Waals surface area contributed by atoms with Crippen molar-refractivity contribution in [1.29, 1.82) is 0 Å². The van der Waals surface area contributed by atoms with E-state index in [2.05, 4.69) is 10.1 Å². The molecule has 0 aliphatic carbocycles. The van der Waals surface area contributed by atoms with Crippen LogP contribution < -0.4 is 10.1 Å². The van der Waals surface area contributed by atoms with E-state index < -0.39 is 23.8 Å². The number of carbonyl (C=O) groups is 1. The molecule has 5 nitrogen and oxygen atoms in total. The van der Waals surface area contributed by atoms with Crippen LogP contribution in [0.4, 0.5) is 13.2 Å². The molecular weight excluding hydrogens is 279 g/mol. The Morgan fingerprint density at radius 2 is 2.15 bits per heavy atom. The molecule has 1 heterocycles. The maximum Gasteiger partial charge on any atom is 0.573 e. The van der Waals surface area contributed by atoms with Crippen molar-refractivity contribution < 1.29 is 32.5 Å². The first-order valence-corrected chi connectivity index (χ1v) is 5.46. The maximum absolute atomic E-state index is 12.1. The number of rotatable bonds is 3. The Hall–Kier alpha value is -2.38. The fourth-order valence-corrected chi connectivity index (χ4v) is 1.58. The third-order valence-corrected chi connectivity index (χ3v) is 2.55. The summed E-state index contributed by atoms with van der Waals surface area (Å²) < 4.78 is 45.3. The first-order chi connectivity index (χ1) is 9.20. The molecule has 1 aromatic carbocycles. The van der Waals surface area contributed by atoms with Crippen molar-refractivity contribution in [2.24, 2.45) is 0 Å². The number of hydrogen-bond acceptors (Lipinski definition) is 4. The SMILES string of the molecule is CC1(C(=O)O)NC=C(c2cccc(OC(F)(F)F)c2)O1. The number of nitrogens with one attached hydrogen (secondary N) is 1. The van der Waals surface area contributed by atoms with Gasteiger partial charge in [-0.15, -0.1) is 13.2 Å². The van der Waals surface area contributed by atoms with Crippen molar-refractivity contribution in [1.82, 2.24) is 5.32 Å². The molecule has 0 bridgehead atoms. The average Bonchev–Trinajstić information content (AvgIpc) is 2.71. The van der Waals surface area contributed by atoms with Crippen LogP contribution in [0.1, 0.15) is 12.5 Å². The lowest BCUT2D eigenvalue weighted by Crippen LogP contribution is -2.45. The van der Waals surface area contributed by atoms with Crippen LogP contribution >= 0.6 is 0 Å². The van der Waals surface area contributed by atoms with Gasteiger partial charge in [0.2, 0.25) is 0 Å². The van der Waals surface area contributed by atoms with E-state index in [1.807, 2.05) is 0 Å². The maximum atomic E-state index is 12.1. The molecule has 1 aromatic rings. The summed E-state index contributed by atoms with van der Waals surface area (Å²) in [5, 5.41) is 11.5. The van der Waals surface area contributed by atoms with Crippen LogP contribution in [0.5, 0.6) is 5.75 Å². The van der Waals surface area contributed by atoms with Crippen LogP contribution in [0.3, 0.4) is 0 Å². The predicted octanol–water partition coefficient (Wildman–Crippen LogP) is 2.30. The third kappa shape index (κ3) is 2.95. The van der Waals surface area contributed by atoms with Gasteiger partial charge in [-0.25, -0.2) is 4.79 Å². The zero-order chi connectivity index (χ0) is 15.0. The molecule has 0 radical (unpaired) electrons. The number of halogens is 3. The van der Waals surface area contributed by atoms with Gasteiger partial charge in [0.25, 0.3) is 5.72 Å². The zero-order valence-electron chi connectivity index (χ0n) is 10.2. The summed E-state index contributed by atoms with van der Waals surface area (Å²) >= 11 is 0. The first kappa shape index (κ1) is 14.0. The Bertz CT molecular complexity index is 570. The van der Waals surface area contributed by atoms with Gasteiger partial charge in [0.15, 0.2) is 0 Å². The van der Waals surface area contributed by atoms with E-state index in [9.17, 15) is 18.0 Å². The van der Waals surface area contributed by atoms with Gasteiger partial charge >= 0.3 is 12.3 Å². The van der Waals surface area contributed by atoms with Crippen molar-refractivity contribution >= 4 is 11.7 Å². The van der Waals surface area contributed by atoms with E-state index in [1.54, 1.807) is 0 Å². The number of hydrogen-bond donors (Lipinski definition) is 2. The van der Waals surface area contributed by atoms with E-state index >= 15 is 0 Å². The molecule has 2 N–H and O–H groups in total. The van der Waals surface area contributed by atoms with Gasteiger partial charge in [0, 0.05) is 18.7 Å². The first-order valence-electron chi connectivity index (χ1n) is 5.46. The molecule has 1 aliphatic heterocycles. The second-order valence-corrected chi connectivity index (χ2v) is 4.17. The highest BCUT2D eigenvalue weighted by Crippen LogP contribution is 2.30. The summed E-state index contributed by atoms with van der Waals surface area (Å²) in [6.07, 6.45) is -3.52. The van der Waals surface area contributed by atoms with Gasteiger partial charge in [0.05, 0.1) is 0 Å². The lowest BCUT2D eigenvalue weighted by molar-refractivity contribution is -0.274. The van der Waals surface area contributed by atoms with Crippen LogP contribution in [-0.2, 0) is 9.53 Å². The Morgan fingerprint density at radius 3 is 2.70 bits per heavy atom. The van der Waals surface area contributed by atoms with Crippen molar-refractivity contribution in [2.75, 3.05) is 0 Å². The Kier molecular flexibility index (Phi) is 3.24. The van der Waals surface area contributed by atoms with Gasteiger partial charge in [-0.2, -0.15) is 0 Å². The highest BCUT2D eigenvalue weighted by atomic mass is 19.4. The number of carboxylic acid groups (broad SMARTS) is 1. The standard InChI is InChI=1S/C12H10F3NO4/c1-11(10(17)18)16-6-9(20-11)7-3-2-4-8(5-7)19-12(13,14)15/h2-6,16H,1H3,(H,17,18). The molecule has 0 saturated carbocycles. The van der Waals surface area contributed by atoms with Gasteiger partial charge in [-0.1, -0.05) is 12.1 Å². The van der Waals surface area contributed by atoms with Crippen molar-refractivity contribution in [3.63, 3.8) is 0 Å². The molecule has 1 aliphatic rings. The molecule has 0 spiro atoms. The van der Waals surface area contributed by atoms with Crippen LogP contribution in [0.25, 0.3) is 5.76 Å². The summed E-state index contributed by atoms with van der Waals surface area (Å²) in [7, 11) is 0. The normalized spacial score (nSPS) is 21.7. The second-order valence-electron chi connectivity index (χ2n) is 4.17. The van der Waals surface area contributed by atoms with Crippen LogP contribution in [0.2, 0.25) is 0 Å². The van der Waals surface area contributed by atoms with E-state index in [0.29, 0.717) is 0 Å². The summed E-state index contributed by atoms with van der Waals surface area (Å²) in [6, 6.07) is 5.06. The van der Waals surface area contributed by atoms with Crippen LogP contribution in [0.15, 0.2) is 30.5 Å². The van der Waals surface area contributed by atoms with Gasteiger partial charge < -0.3 is 19.9 Å². The fourth-order valence-electron chi connectivity index (χ4n) is 1.58. The molecule has 20 heavy (non-hydrogen) atoms. The minimum absolute atomic E-state index is 0.113. The molecule has 0 fully saturated rings. The summed E-state index contributed by atoms with van der Waals surface area (Å²) in [5.74, 6) is -1.54. The highest BCUT2D eigenvalue weighted by Gasteiger charge is 2.39. The number of benzene rings is 1. The molecule has 108 valence electrons. The quantitative estimate of drug-likeness (QED) is 0.893. The minimum atomic E-state index is -4.79. The zero-order valence-corrected chi connectivity index (χ0v) is 10.2. The molecule has 1 unspecified atom stereocenters. The average molecular weight is 289 g/mol. The Labute approximate surface area is 111 Å². The van der Waals surface area contributed by atoms with E-state index in [0.717, 1.165) is 12.1 Å². The second kappa shape index (κ2) is 4.62. The van der Waals surface area contributed by atoms with Crippen LogP contribution in [0, 0.1) is 0 Å². The van der Waals surface area contributed by atoms with Crippen molar-refractivity contribution in [2.45, 2.75) is 19.0 Å². The summed E-state index contributed by atoms with van der Waals surface area (Å²) in [6.45, 7) is 1.29. The van der Waals surface area contributed by atoms with Gasteiger partial charge in [-0.05, 0) is 12.1 Å². The number of aliphatic carboxylic acids is 1. The third-order valence-electron chi connectivity index (χ3n) is 2.55. The molecule has 1 atom stereocenters. The van der Waals surface area contributed by atoms with Crippen LogP contribution in [-0.4, -0.2) is 23.2 Å².